The predicted octanol–water partition coefficient (Wildman–Crippen LogP) is 3.88. The van der Waals surface area contributed by atoms with E-state index < -0.39 is 0 Å². The van der Waals surface area contributed by atoms with Crippen LogP contribution < -0.4 is 10.6 Å². The molecule has 2 atom stereocenters. The Morgan fingerprint density at radius 3 is 2.50 bits per heavy atom. The summed E-state index contributed by atoms with van der Waals surface area (Å²) in [6.45, 7) is 6.69. The van der Waals surface area contributed by atoms with E-state index in [0.717, 1.165) is 19.0 Å². The molecule has 2 unspecified atom stereocenters. The molecule has 0 aliphatic heterocycles. The molecule has 0 bridgehead atoms. The summed E-state index contributed by atoms with van der Waals surface area (Å²) in [5.41, 5.74) is 1.29. The summed E-state index contributed by atoms with van der Waals surface area (Å²) in [5, 5.41) is 7.39. The van der Waals surface area contributed by atoms with E-state index in [2.05, 4.69) is 30.5 Å². The normalized spacial score (nSPS) is 18.1. The Labute approximate surface area is 123 Å². The molecule has 1 aromatic rings. The smallest absolute Gasteiger partial charge is 0.0950 e. The molecule has 3 nitrogen and oxygen atoms in total. The van der Waals surface area contributed by atoms with Gasteiger partial charge >= 0.3 is 0 Å². The molecule has 1 saturated carbocycles. The van der Waals surface area contributed by atoms with Crippen LogP contribution in [0.1, 0.15) is 64.0 Å². The van der Waals surface area contributed by atoms with Crippen LogP contribution in [-0.2, 0) is 0 Å². The van der Waals surface area contributed by atoms with Gasteiger partial charge in [0.25, 0.3) is 0 Å². The van der Waals surface area contributed by atoms with Crippen LogP contribution in [0.4, 0.5) is 0 Å². The maximum Gasteiger partial charge on any atom is 0.0950 e. The first kappa shape index (κ1) is 15.6. The van der Waals surface area contributed by atoms with Gasteiger partial charge in [0.1, 0.15) is 0 Å². The van der Waals surface area contributed by atoms with Gasteiger partial charge in [0.15, 0.2) is 0 Å². The molecule has 0 aromatic carbocycles. The zero-order valence-electron chi connectivity index (χ0n) is 13.0. The van der Waals surface area contributed by atoms with Crippen LogP contribution in [0.25, 0.3) is 0 Å². The summed E-state index contributed by atoms with van der Waals surface area (Å²) in [6.07, 6.45) is 11.4. The lowest BCUT2D eigenvalue weighted by Gasteiger charge is -2.22. The molecule has 20 heavy (non-hydrogen) atoms. The van der Waals surface area contributed by atoms with E-state index >= 15 is 0 Å². The van der Waals surface area contributed by atoms with Crippen LogP contribution in [0.5, 0.6) is 0 Å². The van der Waals surface area contributed by atoms with Crippen LogP contribution in [0.2, 0.25) is 0 Å². The summed E-state index contributed by atoms with van der Waals surface area (Å²) in [7, 11) is 0. The van der Waals surface area contributed by atoms with Crippen molar-refractivity contribution in [3.8, 4) is 0 Å². The van der Waals surface area contributed by atoms with Gasteiger partial charge in [-0.2, -0.15) is 0 Å². The minimum absolute atomic E-state index is 0.443. The van der Waals surface area contributed by atoms with Gasteiger partial charge < -0.3 is 15.1 Å². The minimum atomic E-state index is 0.443. The van der Waals surface area contributed by atoms with E-state index in [4.69, 9.17) is 4.42 Å². The lowest BCUT2D eigenvalue weighted by atomic mass is 9.98. The molecule has 2 rings (SSSR count). The second-order valence-electron chi connectivity index (χ2n) is 6.04. The maximum atomic E-state index is 5.25. The number of nitrogens with one attached hydrogen (secondary N) is 2. The Bertz CT molecular complexity index is 346. The molecule has 1 aromatic heterocycles. The molecule has 3 heteroatoms. The van der Waals surface area contributed by atoms with Gasteiger partial charge in [0.2, 0.25) is 0 Å². The zero-order chi connectivity index (χ0) is 14.2. The molecule has 1 aliphatic carbocycles. The van der Waals surface area contributed by atoms with Crippen LogP contribution in [0.15, 0.2) is 23.0 Å². The fraction of sp³-hybridized carbons (Fsp3) is 0.765. The number of hydrogen-bond donors (Lipinski definition) is 2. The van der Waals surface area contributed by atoms with E-state index in [9.17, 15) is 0 Å². The average Bonchev–Trinajstić information content (AvgIpc) is 3.16. The van der Waals surface area contributed by atoms with E-state index in [1.165, 1.54) is 44.1 Å². The fourth-order valence-electron chi connectivity index (χ4n) is 2.86. The predicted molar refractivity (Wildman–Crippen MR) is 83.8 cm³/mol. The summed E-state index contributed by atoms with van der Waals surface area (Å²) < 4.78 is 5.25. The standard InChI is InChI=1S/C17H30N2O/c1-3-10-18-16(14-5-6-14)7-8-17(19-11-4-2)15-9-12-20-13-15/h9,12-14,16-19H,3-8,10-11H2,1-2H3. The van der Waals surface area contributed by atoms with Gasteiger partial charge in [-0.1, -0.05) is 13.8 Å². The van der Waals surface area contributed by atoms with Crippen molar-refractivity contribution in [2.75, 3.05) is 13.1 Å². The number of hydrogen-bond acceptors (Lipinski definition) is 3. The highest BCUT2D eigenvalue weighted by molar-refractivity contribution is 5.11. The Morgan fingerprint density at radius 2 is 1.90 bits per heavy atom. The molecule has 0 amide bonds. The summed E-state index contributed by atoms with van der Waals surface area (Å²) in [4.78, 5) is 0. The molecular weight excluding hydrogens is 248 g/mol. The highest BCUT2D eigenvalue weighted by Crippen LogP contribution is 2.35. The molecule has 0 spiro atoms. The van der Waals surface area contributed by atoms with Crippen LogP contribution in [-0.4, -0.2) is 19.1 Å². The van der Waals surface area contributed by atoms with Crippen LogP contribution >= 0.6 is 0 Å². The van der Waals surface area contributed by atoms with E-state index in [-0.39, 0.29) is 0 Å². The monoisotopic (exact) mass is 278 g/mol. The molecule has 1 fully saturated rings. The third-order valence-corrected chi connectivity index (χ3v) is 4.20. The summed E-state index contributed by atoms with van der Waals surface area (Å²) in [6, 6.07) is 3.25. The third-order valence-electron chi connectivity index (χ3n) is 4.20. The first-order valence-corrected chi connectivity index (χ1v) is 8.34. The topological polar surface area (TPSA) is 37.2 Å². The maximum absolute atomic E-state index is 5.25. The molecule has 0 radical (unpaired) electrons. The van der Waals surface area contributed by atoms with Crippen LogP contribution in [0, 0.1) is 5.92 Å². The van der Waals surface area contributed by atoms with Crippen molar-refractivity contribution in [3.63, 3.8) is 0 Å². The lowest BCUT2D eigenvalue weighted by molar-refractivity contribution is 0.384. The Morgan fingerprint density at radius 1 is 1.15 bits per heavy atom. The summed E-state index contributed by atoms with van der Waals surface area (Å²) >= 11 is 0. The van der Waals surface area contributed by atoms with E-state index in [1.807, 2.05) is 6.26 Å². The highest BCUT2D eigenvalue weighted by atomic mass is 16.3. The van der Waals surface area contributed by atoms with Crippen molar-refractivity contribution in [2.24, 2.45) is 5.92 Å². The van der Waals surface area contributed by atoms with Gasteiger partial charge in [0, 0.05) is 17.6 Å². The minimum Gasteiger partial charge on any atom is -0.472 e. The Kier molecular flexibility index (Phi) is 6.61. The van der Waals surface area contributed by atoms with Crippen molar-refractivity contribution >= 4 is 0 Å². The van der Waals surface area contributed by atoms with Crippen molar-refractivity contribution in [1.29, 1.82) is 0 Å². The van der Waals surface area contributed by atoms with Crippen molar-refractivity contribution in [3.05, 3.63) is 24.2 Å². The summed E-state index contributed by atoms with van der Waals surface area (Å²) in [5.74, 6) is 0.928. The van der Waals surface area contributed by atoms with Gasteiger partial charge in [-0.15, -0.1) is 0 Å². The number of furan rings is 1. The Balaban J connectivity index is 1.83. The van der Waals surface area contributed by atoms with E-state index in [1.54, 1.807) is 6.26 Å². The fourth-order valence-corrected chi connectivity index (χ4v) is 2.86. The lowest BCUT2D eigenvalue weighted by Crippen LogP contribution is -2.33. The van der Waals surface area contributed by atoms with Gasteiger partial charge in [-0.05, 0) is 63.6 Å². The van der Waals surface area contributed by atoms with Crippen molar-refractivity contribution < 1.29 is 4.42 Å². The van der Waals surface area contributed by atoms with Crippen molar-refractivity contribution in [1.82, 2.24) is 10.6 Å². The average molecular weight is 278 g/mol. The number of rotatable bonds is 11. The molecule has 1 aliphatic rings. The first-order chi connectivity index (χ1) is 9.85. The Hall–Kier alpha value is -0.800. The third kappa shape index (κ3) is 4.95. The molecule has 1 heterocycles. The molecule has 2 N–H and O–H groups in total. The quantitative estimate of drug-likeness (QED) is 0.645. The highest BCUT2D eigenvalue weighted by Gasteiger charge is 2.30. The van der Waals surface area contributed by atoms with Gasteiger partial charge in [-0.3, -0.25) is 0 Å². The van der Waals surface area contributed by atoms with Gasteiger partial charge in [0.05, 0.1) is 12.5 Å². The largest absolute Gasteiger partial charge is 0.472 e. The van der Waals surface area contributed by atoms with E-state index in [0.29, 0.717) is 12.1 Å². The second-order valence-corrected chi connectivity index (χ2v) is 6.04. The SMILES string of the molecule is CCCNC(CCC(NCCC)C1CC1)c1ccoc1. The zero-order valence-corrected chi connectivity index (χ0v) is 13.0. The first-order valence-electron chi connectivity index (χ1n) is 8.34. The molecule has 0 saturated heterocycles. The molecule has 114 valence electrons. The van der Waals surface area contributed by atoms with Crippen LogP contribution in [0.3, 0.4) is 0 Å². The van der Waals surface area contributed by atoms with Gasteiger partial charge in [-0.25, -0.2) is 0 Å². The second kappa shape index (κ2) is 8.48. The van der Waals surface area contributed by atoms with Crippen molar-refractivity contribution in [2.45, 2.75) is 64.5 Å². The molecular formula is C17H30N2O.